The van der Waals surface area contributed by atoms with Crippen LogP contribution in [0.4, 0.5) is 15.8 Å². The van der Waals surface area contributed by atoms with Crippen LogP contribution in [-0.2, 0) is 17.7 Å². The standard InChI is InChI=1S/C34H31FN2O4/c1-3-39-34(38)31-15-8-7-12-26(31)23-37(29-14-9-13-27(35)22-29)28-16-18-30(19-17-28)40-21-20-32-24(2)41-33(36-32)25-10-5-4-6-11-25/h4-19,22H,3,20-21,23H2,1-2H3. The molecule has 7 heteroatoms. The molecule has 0 aliphatic heterocycles. The minimum Gasteiger partial charge on any atom is -0.493 e. The Balaban J connectivity index is 1.31. The Bertz CT molecular complexity index is 1600. The van der Waals surface area contributed by atoms with Crippen molar-refractivity contribution in [3.8, 4) is 17.2 Å². The number of hydrogen-bond acceptors (Lipinski definition) is 6. The molecule has 0 spiro atoms. The monoisotopic (exact) mass is 550 g/mol. The molecule has 0 radical (unpaired) electrons. The van der Waals surface area contributed by atoms with E-state index in [0.717, 1.165) is 28.3 Å². The maximum Gasteiger partial charge on any atom is 0.338 e. The van der Waals surface area contributed by atoms with Crippen molar-refractivity contribution in [3.05, 3.63) is 132 Å². The highest BCUT2D eigenvalue weighted by molar-refractivity contribution is 5.91. The zero-order valence-electron chi connectivity index (χ0n) is 23.0. The fourth-order valence-corrected chi connectivity index (χ4v) is 4.56. The summed E-state index contributed by atoms with van der Waals surface area (Å²) in [6.45, 7) is 4.74. The molecule has 208 valence electrons. The van der Waals surface area contributed by atoms with Crippen LogP contribution in [0.5, 0.6) is 5.75 Å². The number of hydrogen-bond donors (Lipinski definition) is 0. The number of halogens is 1. The Morgan fingerprint density at radius 3 is 2.41 bits per heavy atom. The van der Waals surface area contributed by atoms with Gasteiger partial charge < -0.3 is 18.8 Å². The number of nitrogens with zero attached hydrogens (tertiary/aromatic N) is 2. The summed E-state index contributed by atoms with van der Waals surface area (Å²) in [4.78, 5) is 19.2. The molecule has 0 amide bonds. The van der Waals surface area contributed by atoms with Gasteiger partial charge >= 0.3 is 5.97 Å². The number of aryl methyl sites for hydroxylation is 1. The number of rotatable bonds is 11. The highest BCUT2D eigenvalue weighted by Gasteiger charge is 2.18. The Kier molecular flexibility index (Phi) is 8.74. The number of benzene rings is 4. The van der Waals surface area contributed by atoms with E-state index in [1.807, 2.05) is 84.6 Å². The van der Waals surface area contributed by atoms with E-state index >= 15 is 0 Å². The van der Waals surface area contributed by atoms with Crippen LogP contribution >= 0.6 is 0 Å². The summed E-state index contributed by atoms with van der Waals surface area (Å²) in [7, 11) is 0. The molecule has 41 heavy (non-hydrogen) atoms. The van der Waals surface area contributed by atoms with E-state index in [2.05, 4.69) is 4.98 Å². The smallest absolute Gasteiger partial charge is 0.338 e. The minimum absolute atomic E-state index is 0.284. The van der Waals surface area contributed by atoms with Gasteiger partial charge in [-0.25, -0.2) is 14.2 Å². The van der Waals surface area contributed by atoms with Crippen molar-refractivity contribution in [1.29, 1.82) is 0 Å². The van der Waals surface area contributed by atoms with Crippen LogP contribution in [-0.4, -0.2) is 24.2 Å². The molecule has 0 N–H and O–H groups in total. The molecule has 0 saturated heterocycles. The maximum absolute atomic E-state index is 14.2. The van der Waals surface area contributed by atoms with Gasteiger partial charge in [0.25, 0.3) is 0 Å². The second-order valence-corrected chi connectivity index (χ2v) is 9.42. The fourth-order valence-electron chi connectivity index (χ4n) is 4.56. The third-order valence-electron chi connectivity index (χ3n) is 6.63. The normalized spacial score (nSPS) is 10.8. The number of esters is 1. The molecule has 5 aromatic rings. The summed E-state index contributed by atoms with van der Waals surface area (Å²) in [6.07, 6.45) is 0.601. The second kappa shape index (κ2) is 13.0. The number of ether oxygens (including phenoxy) is 2. The third-order valence-corrected chi connectivity index (χ3v) is 6.63. The van der Waals surface area contributed by atoms with Crippen molar-refractivity contribution in [2.45, 2.75) is 26.8 Å². The van der Waals surface area contributed by atoms with Crippen molar-refractivity contribution in [3.63, 3.8) is 0 Å². The molecule has 6 nitrogen and oxygen atoms in total. The number of carbonyl (C=O) groups excluding carboxylic acids is 1. The molecule has 1 heterocycles. The molecule has 5 rings (SSSR count). The highest BCUT2D eigenvalue weighted by atomic mass is 19.1. The number of oxazole rings is 1. The Morgan fingerprint density at radius 1 is 0.902 bits per heavy atom. The quantitative estimate of drug-likeness (QED) is 0.156. The van der Waals surface area contributed by atoms with Crippen LogP contribution in [0.3, 0.4) is 0 Å². The molecule has 0 aliphatic carbocycles. The van der Waals surface area contributed by atoms with Crippen molar-refractivity contribution in [2.24, 2.45) is 0 Å². The number of carbonyl (C=O) groups is 1. The summed E-state index contributed by atoms with van der Waals surface area (Å²) in [5.41, 5.74) is 4.53. The summed E-state index contributed by atoms with van der Waals surface area (Å²) in [5, 5.41) is 0. The van der Waals surface area contributed by atoms with Crippen LogP contribution in [0.25, 0.3) is 11.5 Å². The first-order chi connectivity index (χ1) is 20.0. The second-order valence-electron chi connectivity index (χ2n) is 9.42. The molecular weight excluding hydrogens is 519 g/mol. The summed E-state index contributed by atoms with van der Waals surface area (Å²) in [6, 6.07) is 31.1. The van der Waals surface area contributed by atoms with Gasteiger partial charge in [-0.15, -0.1) is 0 Å². The van der Waals surface area contributed by atoms with Crippen LogP contribution in [0.2, 0.25) is 0 Å². The lowest BCUT2D eigenvalue weighted by Crippen LogP contribution is -2.19. The first-order valence-electron chi connectivity index (χ1n) is 13.5. The van der Waals surface area contributed by atoms with E-state index < -0.39 is 0 Å². The van der Waals surface area contributed by atoms with Gasteiger partial charge in [0.1, 0.15) is 17.3 Å². The summed E-state index contributed by atoms with van der Waals surface area (Å²) in [5.74, 6) is 1.35. The van der Waals surface area contributed by atoms with Gasteiger partial charge in [-0.1, -0.05) is 42.5 Å². The lowest BCUT2D eigenvalue weighted by molar-refractivity contribution is 0.0525. The largest absolute Gasteiger partial charge is 0.493 e. The van der Waals surface area contributed by atoms with Gasteiger partial charge in [-0.2, -0.15) is 0 Å². The molecule has 0 aliphatic rings. The summed E-state index contributed by atoms with van der Waals surface area (Å²) < 4.78 is 31.3. The first-order valence-corrected chi connectivity index (χ1v) is 13.5. The minimum atomic E-state index is -0.385. The predicted octanol–water partition coefficient (Wildman–Crippen LogP) is 7.93. The predicted molar refractivity (Wildman–Crippen MR) is 157 cm³/mol. The van der Waals surface area contributed by atoms with Crippen LogP contribution < -0.4 is 9.64 Å². The van der Waals surface area contributed by atoms with Gasteiger partial charge in [-0.3, -0.25) is 0 Å². The van der Waals surface area contributed by atoms with Gasteiger partial charge in [0, 0.05) is 29.9 Å². The van der Waals surface area contributed by atoms with E-state index in [-0.39, 0.29) is 18.4 Å². The summed E-state index contributed by atoms with van der Waals surface area (Å²) >= 11 is 0. The molecule has 4 aromatic carbocycles. The molecule has 0 unspecified atom stereocenters. The van der Waals surface area contributed by atoms with Crippen LogP contribution in [0, 0.1) is 12.7 Å². The van der Waals surface area contributed by atoms with Crippen LogP contribution in [0.1, 0.15) is 34.3 Å². The topological polar surface area (TPSA) is 64.8 Å². The zero-order chi connectivity index (χ0) is 28.6. The Hall–Kier alpha value is -4.91. The zero-order valence-corrected chi connectivity index (χ0v) is 23.0. The lowest BCUT2D eigenvalue weighted by Gasteiger charge is -2.26. The Morgan fingerprint density at radius 2 is 1.66 bits per heavy atom. The van der Waals surface area contributed by atoms with Crippen LogP contribution in [0.15, 0.2) is 108 Å². The van der Waals surface area contributed by atoms with Gasteiger partial charge in [0.05, 0.1) is 24.5 Å². The fraction of sp³-hybridized carbons (Fsp3) is 0.176. The van der Waals surface area contributed by atoms with Gasteiger partial charge in [0.15, 0.2) is 0 Å². The molecular formula is C34H31FN2O4. The maximum atomic E-state index is 14.2. The van der Waals surface area contributed by atoms with E-state index in [0.29, 0.717) is 42.5 Å². The highest BCUT2D eigenvalue weighted by Crippen LogP contribution is 2.31. The average Bonchev–Trinajstić information content (AvgIpc) is 3.37. The van der Waals surface area contributed by atoms with E-state index in [1.165, 1.54) is 12.1 Å². The molecule has 0 fully saturated rings. The average molecular weight is 551 g/mol. The number of aromatic nitrogens is 1. The van der Waals surface area contributed by atoms with E-state index in [4.69, 9.17) is 13.9 Å². The lowest BCUT2D eigenvalue weighted by atomic mass is 10.1. The SMILES string of the molecule is CCOC(=O)c1ccccc1CN(c1ccc(OCCc2nc(-c3ccccc3)oc2C)cc1)c1cccc(F)c1. The molecule has 0 bridgehead atoms. The first kappa shape index (κ1) is 27.6. The molecule has 0 atom stereocenters. The van der Waals surface area contributed by atoms with Crippen molar-refractivity contribution < 1.29 is 23.1 Å². The number of anilines is 2. The molecule has 1 aromatic heterocycles. The van der Waals surface area contributed by atoms with Gasteiger partial charge in [0.2, 0.25) is 5.89 Å². The van der Waals surface area contributed by atoms with Crippen molar-refractivity contribution in [1.82, 2.24) is 4.98 Å². The third kappa shape index (κ3) is 6.81. The Labute approximate surface area is 239 Å². The van der Waals surface area contributed by atoms with Gasteiger partial charge in [-0.05, 0) is 80.1 Å². The van der Waals surface area contributed by atoms with E-state index in [1.54, 1.807) is 25.1 Å². The van der Waals surface area contributed by atoms with Crippen molar-refractivity contribution in [2.75, 3.05) is 18.1 Å². The van der Waals surface area contributed by atoms with E-state index in [9.17, 15) is 9.18 Å². The molecule has 0 saturated carbocycles. The van der Waals surface area contributed by atoms with Crippen molar-refractivity contribution >= 4 is 17.3 Å².